The quantitative estimate of drug-likeness (QED) is 0.757. The minimum atomic E-state index is 0.0894. The molecular weight excluding hydrogens is 230 g/mol. The van der Waals surface area contributed by atoms with Gasteiger partial charge in [-0.25, -0.2) is 0 Å². The molecule has 2 rings (SSSR count). The molecule has 2 aliphatic heterocycles. The van der Waals surface area contributed by atoms with Gasteiger partial charge in [0.2, 0.25) is 11.8 Å². The molecule has 0 bridgehead atoms. The standard InChI is InChI=1S/C13H23N3O2/c1-10(17)16-7-3-11(4-8-16)13(18)14-12-5-6-15(2)9-12/h11-12H,3-9H2,1-2H3,(H,14,18). The van der Waals surface area contributed by atoms with E-state index >= 15 is 0 Å². The highest BCUT2D eigenvalue weighted by molar-refractivity contribution is 5.79. The maximum absolute atomic E-state index is 12.1. The summed E-state index contributed by atoms with van der Waals surface area (Å²) in [6.07, 6.45) is 2.65. The van der Waals surface area contributed by atoms with E-state index < -0.39 is 0 Å². The minimum absolute atomic E-state index is 0.0894. The number of hydrogen-bond acceptors (Lipinski definition) is 3. The Morgan fingerprint density at radius 1 is 1.11 bits per heavy atom. The number of hydrogen-bond donors (Lipinski definition) is 1. The number of nitrogens with one attached hydrogen (secondary N) is 1. The Kier molecular flexibility index (Phi) is 4.22. The van der Waals surface area contributed by atoms with E-state index in [1.807, 2.05) is 4.90 Å². The van der Waals surface area contributed by atoms with Gasteiger partial charge in [0.05, 0.1) is 0 Å². The molecule has 102 valence electrons. The molecule has 2 fully saturated rings. The van der Waals surface area contributed by atoms with Crippen LogP contribution in [0.4, 0.5) is 0 Å². The monoisotopic (exact) mass is 253 g/mol. The number of piperidine rings is 1. The Morgan fingerprint density at radius 3 is 2.28 bits per heavy atom. The molecule has 1 unspecified atom stereocenters. The third kappa shape index (κ3) is 3.22. The van der Waals surface area contributed by atoms with Crippen LogP contribution < -0.4 is 5.32 Å². The van der Waals surface area contributed by atoms with Crippen LogP contribution >= 0.6 is 0 Å². The second-order valence-electron chi connectivity index (χ2n) is 5.54. The Morgan fingerprint density at radius 2 is 1.78 bits per heavy atom. The van der Waals surface area contributed by atoms with E-state index in [4.69, 9.17) is 0 Å². The number of rotatable bonds is 2. The predicted molar refractivity (Wildman–Crippen MR) is 69.0 cm³/mol. The van der Waals surface area contributed by atoms with Crippen molar-refractivity contribution in [1.82, 2.24) is 15.1 Å². The van der Waals surface area contributed by atoms with Crippen molar-refractivity contribution in [2.24, 2.45) is 5.92 Å². The van der Waals surface area contributed by atoms with E-state index in [0.29, 0.717) is 6.04 Å². The lowest BCUT2D eigenvalue weighted by molar-refractivity contribution is -0.134. The molecule has 0 saturated carbocycles. The van der Waals surface area contributed by atoms with Gasteiger partial charge in [0.25, 0.3) is 0 Å². The molecule has 2 saturated heterocycles. The van der Waals surface area contributed by atoms with Gasteiger partial charge >= 0.3 is 0 Å². The van der Waals surface area contributed by atoms with Gasteiger partial charge < -0.3 is 15.1 Å². The topological polar surface area (TPSA) is 52.7 Å². The van der Waals surface area contributed by atoms with E-state index in [9.17, 15) is 9.59 Å². The summed E-state index contributed by atoms with van der Waals surface area (Å²) in [4.78, 5) is 27.4. The van der Waals surface area contributed by atoms with Crippen LogP contribution in [0.5, 0.6) is 0 Å². The maximum Gasteiger partial charge on any atom is 0.223 e. The molecule has 18 heavy (non-hydrogen) atoms. The zero-order chi connectivity index (χ0) is 13.1. The SMILES string of the molecule is CC(=O)N1CCC(C(=O)NC2CCN(C)C2)CC1. The van der Waals surface area contributed by atoms with Crippen molar-refractivity contribution in [2.75, 3.05) is 33.2 Å². The van der Waals surface area contributed by atoms with Crippen LogP contribution in [0.3, 0.4) is 0 Å². The summed E-state index contributed by atoms with van der Waals surface area (Å²) >= 11 is 0. The number of amides is 2. The maximum atomic E-state index is 12.1. The summed E-state index contributed by atoms with van der Waals surface area (Å²) in [6.45, 7) is 5.05. The van der Waals surface area contributed by atoms with E-state index in [1.165, 1.54) is 0 Å². The van der Waals surface area contributed by atoms with Crippen LogP contribution in [0.25, 0.3) is 0 Å². The molecule has 0 aromatic rings. The summed E-state index contributed by atoms with van der Waals surface area (Å²) in [7, 11) is 2.08. The van der Waals surface area contributed by atoms with Crippen molar-refractivity contribution in [3.05, 3.63) is 0 Å². The molecule has 0 radical (unpaired) electrons. The minimum Gasteiger partial charge on any atom is -0.352 e. The second kappa shape index (κ2) is 5.69. The first-order chi connectivity index (χ1) is 8.56. The Hall–Kier alpha value is -1.10. The van der Waals surface area contributed by atoms with Crippen LogP contribution in [0, 0.1) is 5.92 Å². The van der Waals surface area contributed by atoms with E-state index in [-0.39, 0.29) is 17.7 Å². The lowest BCUT2D eigenvalue weighted by atomic mass is 9.95. The van der Waals surface area contributed by atoms with Crippen LogP contribution in [-0.2, 0) is 9.59 Å². The van der Waals surface area contributed by atoms with Gasteiger partial charge in [0, 0.05) is 38.5 Å². The van der Waals surface area contributed by atoms with Crippen LogP contribution in [0.2, 0.25) is 0 Å². The van der Waals surface area contributed by atoms with Crippen LogP contribution in [0.1, 0.15) is 26.2 Å². The lowest BCUT2D eigenvalue weighted by Gasteiger charge is -2.31. The molecule has 5 heteroatoms. The van der Waals surface area contributed by atoms with Gasteiger partial charge in [-0.2, -0.15) is 0 Å². The van der Waals surface area contributed by atoms with Gasteiger partial charge in [-0.15, -0.1) is 0 Å². The van der Waals surface area contributed by atoms with Gasteiger partial charge in [0.1, 0.15) is 0 Å². The highest BCUT2D eigenvalue weighted by Crippen LogP contribution is 2.18. The van der Waals surface area contributed by atoms with Gasteiger partial charge in [-0.05, 0) is 32.9 Å². The van der Waals surface area contributed by atoms with Crippen molar-refractivity contribution >= 4 is 11.8 Å². The molecule has 1 N–H and O–H groups in total. The van der Waals surface area contributed by atoms with Gasteiger partial charge in [0.15, 0.2) is 0 Å². The molecule has 1 atom stereocenters. The number of likely N-dealkylation sites (tertiary alicyclic amines) is 2. The number of nitrogens with zero attached hydrogens (tertiary/aromatic N) is 2. The van der Waals surface area contributed by atoms with Crippen molar-refractivity contribution < 1.29 is 9.59 Å². The van der Waals surface area contributed by atoms with E-state index in [0.717, 1.165) is 45.4 Å². The zero-order valence-electron chi connectivity index (χ0n) is 11.3. The first-order valence-corrected chi connectivity index (χ1v) is 6.80. The predicted octanol–water partition coefficient (Wildman–Crippen LogP) is 0.0652. The van der Waals surface area contributed by atoms with Crippen molar-refractivity contribution in [3.63, 3.8) is 0 Å². The summed E-state index contributed by atoms with van der Waals surface area (Å²) in [5, 5.41) is 3.14. The van der Waals surface area contributed by atoms with Gasteiger partial charge in [-0.1, -0.05) is 0 Å². The van der Waals surface area contributed by atoms with Crippen LogP contribution in [-0.4, -0.2) is 60.9 Å². The normalized spacial score (nSPS) is 26.3. The summed E-state index contributed by atoms with van der Waals surface area (Å²) in [5.41, 5.74) is 0. The smallest absolute Gasteiger partial charge is 0.223 e. The fourth-order valence-corrected chi connectivity index (χ4v) is 2.83. The Labute approximate surface area is 108 Å². The molecule has 0 spiro atoms. The number of carbonyl (C=O) groups is 2. The zero-order valence-corrected chi connectivity index (χ0v) is 11.3. The Balaban J connectivity index is 1.75. The summed E-state index contributed by atoms with van der Waals surface area (Å²) in [5.74, 6) is 0.385. The van der Waals surface area contributed by atoms with E-state index in [2.05, 4.69) is 17.3 Å². The lowest BCUT2D eigenvalue weighted by Crippen LogP contribution is -2.45. The highest BCUT2D eigenvalue weighted by atomic mass is 16.2. The number of carbonyl (C=O) groups excluding carboxylic acids is 2. The van der Waals surface area contributed by atoms with Crippen molar-refractivity contribution in [2.45, 2.75) is 32.2 Å². The fourth-order valence-electron chi connectivity index (χ4n) is 2.83. The van der Waals surface area contributed by atoms with Crippen LogP contribution in [0.15, 0.2) is 0 Å². The number of likely N-dealkylation sites (N-methyl/N-ethyl adjacent to an activating group) is 1. The summed E-state index contributed by atoms with van der Waals surface area (Å²) < 4.78 is 0. The van der Waals surface area contributed by atoms with Crippen molar-refractivity contribution in [1.29, 1.82) is 0 Å². The third-order valence-electron chi connectivity index (χ3n) is 4.05. The molecule has 2 heterocycles. The molecule has 0 aromatic carbocycles. The second-order valence-corrected chi connectivity index (χ2v) is 5.54. The first kappa shape index (κ1) is 13.3. The molecule has 2 amide bonds. The molecule has 0 aromatic heterocycles. The highest BCUT2D eigenvalue weighted by Gasteiger charge is 2.28. The third-order valence-corrected chi connectivity index (χ3v) is 4.05. The fraction of sp³-hybridized carbons (Fsp3) is 0.846. The molecule has 5 nitrogen and oxygen atoms in total. The first-order valence-electron chi connectivity index (χ1n) is 6.80. The summed E-state index contributed by atoms with van der Waals surface area (Å²) in [6, 6.07) is 0.313. The molecule has 0 aliphatic carbocycles. The average Bonchev–Trinajstić information content (AvgIpc) is 2.75. The van der Waals surface area contributed by atoms with E-state index in [1.54, 1.807) is 6.92 Å². The molecular formula is C13H23N3O2. The largest absolute Gasteiger partial charge is 0.352 e. The van der Waals surface area contributed by atoms with Gasteiger partial charge in [-0.3, -0.25) is 9.59 Å². The van der Waals surface area contributed by atoms with Crippen molar-refractivity contribution in [3.8, 4) is 0 Å². The molecule has 2 aliphatic rings. The Bertz CT molecular complexity index is 324. The average molecular weight is 253 g/mol.